The topological polar surface area (TPSA) is 29.1 Å². The van der Waals surface area contributed by atoms with Gasteiger partial charge in [-0.1, -0.05) is 41.9 Å². The molecule has 0 bridgehead atoms. The minimum absolute atomic E-state index is 0.213. The van der Waals surface area contributed by atoms with Crippen LogP contribution in [0.15, 0.2) is 48.5 Å². The maximum atomic E-state index is 13.5. The van der Waals surface area contributed by atoms with Gasteiger partial charge in [-0.2, -0.15) is 0 Å². The van der Waals surface area contributed by atoms with Crippen LogP contribution in [0.1, 0.15) is 16.7 Å². The Morgan fingerprint density at radius 3 is 2.71 bits per heavy atom. The van der Waals surface area contributed by atoms with Gasteiger partial charge in [0.05, 0.1) is 5.02 Å². The largest absolute Gasteiger partial charge is 0.348 e. The maximum absolute atomic E-state index is 13.5. The average Bonchev–Trinajstić information content (AvgIpc) is 2.46. The SMILES string of the molecule is Cc1ccccc1CNC(=O)/C=C/c1c(F)cccc1Cl. The number of amides is 1. The van der Waals surface area contributed by atoms with Crippen molar-refractivity contribution in [3.8, 4) is 0 Å². The molecule has 0 aliphatic carbocycles. The Labute approximate surface area is 128 Å². The number of benzene rings is 2. The smallest absolute Gasteiger partial charge is 0.244 e. The molecule has 0 fully saturated rings. The molecule has 2 rings (SSSR count). The van der Waals surface area contributed by atoms with E-state index in [1.807, 2.05) is 31.2 Å². The first-order valence-corrected chi connectivity index (χ1v) is 6.90. The third-order valence-corrected chi connectivity index (χ3v) is 3.44. The van der Waals surface area contributed by atoms with Crippen molar-refractivity contribution in [3.63, 3.8) is 0 Å². The number of carbonyl (C=O) groups is 1. The maximum Gasteiger partial charge on any atom is 0.244 e. The third kappa shape index (κ3) is 4.17. The summed E-state index contributed by atoms with van der Waals surface area (Å²) in [4.78, 5) is 11.8. The molecular formula is C17H15ClFNO. The first kappa shape index (κ1) is 15.3. The molecule has 0 atom stereocenters. The molecule has 0 saturated carbocycles. The molecule has 0 heterocycles. The molecule has 1 amide bonds. The minimum Gasteiger partial charge on any atom is -0.348 e. The summed E-state index contributed by atoms with van der Waals surface area (Å²) in [5, 5.41) is 3.03. The molecular weight excluding hydrogens is 289 g/mol. The van der Waals surface area contributed by atoms with Crippen LogP contribution in [0.4, 0.5) is 4.39 Å². The highest BCUT2D eigenvalue weighted by molar-refractivity contribution is 6.32. The first-order valence-electron chi connectivity index (χ1n) is 6.52. The Kier molecular flexibility index (Phi) is 5.12. The number of carbonyl (C=O) groups excluding carboxylic acids is 1. The summed E-state index contributed by atoms with van der Waals surface area (Å²) in [6, 6.07) is 12.2. The van der Waals surface area contributed by atoms with E-state index in [9.17, 15) is 9.18 Å². The molecule has 4 heteroatoms. The van der Waals surface area contributed by atoms with Crippen molar-refractivity contribution in [2.75, 3.05) is 0 Å². The second kappa shape index (κ2) is 7.04. The number of aryl methyl sites for hydroxylation is 1. The Morgan fingerprint density at radius 2 is 2.00 bits per heavy atom. The molecule has 0 aromatic heterocycles. The van der Waals surface area contributed by atoms with Gasteiger partial charge < -0.3 is 5.32 Å². The van der Waals surface area contributed by atoms with Crippen molar-refractivity contribution in [2.24, 2.45) is 0 Å². The Morgan fingerprint density at radius 1 is 1.24 bits per heavy atom. The highest BCUT2D eigenvalue weighted by atomic mass is 35.5. The van der Waals surface area contributed by atoms with Crippen molar-refractivity contribution in [2.45, 2.75) is 13.5 Å². The number of rotatable bonds is 4. The molecule has 108 valence electrons. The summed E-state index contributed by atoms with van der Waals surface area (Å²) in [7, 11) is 0. The number of hydrogen-bond acceptors (Lipinski definition) is 1. The van der Waals surface area contributed by atoms with Crippen molar-refractivity contribution in [1.29, 1.82) is 0 Å². The van der Waals surface area contributed by atoms with Gasteiger partial charge in [0, 0.05) is 18.2 Å². The van der Waals surface area contributed by atoms with Crippen molar-refractivity contribution in [1.82, 2.24) is 5.32 Å². The van der Waals surface area contributed by atoms with Crippen LogP contribution in [0.2, 0.25) is 5.02 Å². The summed E-state index contributed by atoms with van der Waals surface area (Å²) in [6.07, 6.45) is 2.66. The summed E-state index contributed by atoms with van der Waals surface area (Å²) < 4.78 is 13.5. The van der Waals surface area contributed by atoms with Crippen LogP contribution >= 0.6 is 11.6 Å². The van der Waals surface area contributed by atoms with Gasteiger partial charge in [0.25, 0.3) is 0 Å². The van der Waals surface area contributed by atoms with Gasteiger partial charge in [0.15, 0.2) is 0 Å². The van der Waals surface area contributed by atoms with Crippen LogP contribution in [0, 0.1) is 12.7 Å². The van der Waals surface area contributed by atoms with Gasteiger partial charge in [-0.3, -0.25) is 4.79 Å². The van der Waals surface area contributed by atoms with E-state index < -0.39 is 5.82 Å². The van der Waals surface area contributed by atoms with Crippen molar-refractivity contribution < 1.29 is 9.18 Å². The zero-order valence-corrected chi connectivity index (χ0v) is 12.3. The molecule has 2 aromatic rings. The molecule has 0 spiro atoms. The van der Waals surface area contributed by atoms with Crippen molar-refractivity contribution >= 4 is 23.6 Å². The fourth-order valence-electron chi connectivity index (χ4n) is 1.88. The van der Waals surface area contributed by atoms with Crippen LogP contribution < -0.4 is 5.32 Å². The summed E-state index contributed by atoms with van der Waals surface area (Å²) in [6.45, 7) is 2.41. The van der Waals surface area contributed by atoms with E-state index in [1.54, 1.807) is 6.07 Å². The lowest BCUT2D eigenvalue weighted by molar-refractivity contribution is -0.116. The quantitative estimate of drug-likeness (QED) is 0.846. The highest BCUT2D eigenvalue weighted by Gasteiger charge is 2.04. The molecule has 2 nitrogen and oxygen atoms in total. The fourth-order valence-corrected chi connectivity index (χ4v) is 2.10. The molecule has 0 unspecified atom stereocenters. The monoisotopic (exact) mass is 303 g/mol. The zero-order chi connectivity index (χ0) is 15.2. The molecule has 2 aromatic carbocycles. The molecule has 21 heavy (non-hydrogen) atoms. The third-order valence-electron chi connectivity index (χ3n) is 3.12. The Balaban J connectivity index is 1.99. The van der Waals surface area contributed by atoms with E-state index in [2.05, 4.69) is 5.32 Å². The first-order chi connectivity index (χ1) is 10.1. The Hall–Kier alpha value is -2.13. The van der Waals surface area contributed by atoms with Crippen LogP contribution in [-0.4, -0.2) is 5.91 Å². The molecule has 0 radical (unpaired) electrons. The molecule has 0 saturated heterocycles. The predicted molar refractivity (Wildman–Crippen MR) is 83.5 cm³/mol. The normalized spacial score (nSPS) is 10.8. The van der Waals surface area contributed by atoms with Gasteiger partial charge in [-0.05, 0) is 36.3 Å². The van der Waals surface area contributed by atoms with Crippen LogP contribution in [-0.2, 0) is 11.3 Å². The van der Waals surface area contributed by atoms with E-state index in [0.717, 1.165) is 11.1 Å². The fraction of sp³-hybridized carbons (Fsp3) is 0.118. The standard InChI is InChI=1S/C17H15ClFNO/c1-12-5-2-3-6-13(12)11-20-17(21)10-9-14-15(18)7-4-8-16(14)19/h2-10H,11H2,1H3,(H,20,21)/b10-9+. The zero-order valence-electron chi connectivity index (χ0n) is 11.6. The summed E-state index contributed by atoms with van der Waals surface area (Å²) in [5.74, 6) is -0.747. The van der Waals surface area contributed by atoms with Crippen LogP contribution in [0.5, 0.6) is 0 Å². The lowest BCUT2D eigenvalue weighted by atomic mass is 10.1. The van der Waals surface area contributed by atoms with E-state index in [-0.39, 0.29) is 16.5 Å². The van der Waals surface area contributed by atoms with Gasteiger partial charge in [0.2, 0.25) is 5.91 Å². The van der Waals surface area contributed by atoms with E-state index in [0.29, 0.717) is 6.54 Å². The lowest BCUT2D eigenvalue weighted by Crippen LogP contribution is -2.20. The van der Waals surface area contributed by atoms with E-state index in [1.165, 1.54) is 24.3 Å². The number of halogens is 2. The van der Waals surface area contributed by atoms with Gasteiger partial charge >= 0.3 is 0 Å². The molecule has 0 aliphatic heterocycles. The minimum atomic E-state index is -0.453. The van der Waals surface area contributed by atoms with Gasteiger partial charge in [-0.25, -0.2) is 4.39 Å². The lowest BCUT2D eigenvalue weighted by Gasteiger charge is -2.06. The number of hydrogen-bond donors (Lipinski definition) is 1. The van der Waals surface area contributed by atoms with Gasteiger partial charge in [0.1, 0.15) is 5.82 Å². The van der Waals surface area contributed by atoms with E-state index >= 15 is 0 Å². The molecule has 1 N–H and O–H groups in total. The van der Waals surface area contributed by atoms with Crippen LogP contribution in [0.25, 0.3) is 6.08 Å². The highest BCUT2D eigenvalue weighted by Crippen LogP contribution is 2.20. The summed E-state index contributed by atoms with van der Waals surface area (Å²) >= 11 is 5.88. The molecule has 0 aliphatic rings. The summed E-state index contributed by atoms with van der Waals surface area (Å²) in [5.41, 5.74) is 2.37. The van der Waals surface area contributed by atoms with Crippen LogP contribution in [0.3, 0.4) is 0 Å². The predicted octanol–water partition coefficient (Wildman–Crippen LogP) is 4.12. The van der Waals surface area contributed by atoms with Crippen molar-refractivity contribution in [3.05, 3.63) is 76.1 Å². The average molecular weight is 304 g/mol. The van der Waals surface area contributed by atoms with Gasteiger partial charge in [-0.15, -0.1) is 0 Å². The Bertz CT molecular complexity index is 662. The second-order valence-electron chi connectivity index (χ2n) is 4.61. The second-order valence-corrected chi connectivity index (χ2v) is 5.02. The van der Waals surface area contributed by atoms with E-state index in [4.69, 9.17) is 11.6 Å². The number of nitrogens with one attached hydrogen (secondary N) is 1.